The predicted octanol–water partition coefficient (Wildman–Crippen LogP) is 6.96. The van der Waals surface area contributed by atoms with Crippen LogP contribution in [-0.2, 0) is 30.3 Å². The molecule has 11 atom stereocenters. The molecule has 3 aliphatic heterocycles. The van der Waals surface area contributed by atoms with Crippen LogP contribution in [0.4, 0.5) is 8.78 Å². The van der Waals surface area contributed by atoms with Crippen LogP contribution < -0.4 is 0 Å². The first-order valence-electron chi connectivity index (χ1n) is 19.9. The number of carbonyl (C=O) groups excluding carboxylic acids is 1. The average molecular weight is 697 g/mol. The maximum Gasteiger partial charge on any atom is 0.219 e. The van der Waals surface area contributed by atoms with Crippen LogP contribution in [0.15, 0.2) is 18.2 Å². The lowest BCUT2D eigenvalue weighted by molar-refractivity contribution is -0.253. The van der Waals surface area contributed by atoms with E-state index in [1.807, 2.05) is 0 Å². The van der Waals surface area contributed by atoms with Crippen molar-refractivity contribution in [2.75, 3.05) is 39.5 Å². The zero-order valence-corrected chi connectivity index (χ0v) is 30.6. The lowest BCUT2D eigenvalue weighted by atomic mass is 9.46. The van der Waals surface area contributed by atoms with Crippen LogP contribution in [0.3, 0.4) is 0 Å². The van der Waals surface area contributed by atoms with Crippen LogP contribution in [0, 0.1) is 57.0 Å². The van der Waals surface area contributed by atoms with Gasteiger partial charge in [-0.05, 0) is 127 Å². The van der Waals surface area contributed by atoms with Crippen LogP contribution in [0.25, 0.3) is 0 Å². The predicted molar refractivity (Wildman–Crippen MR) is 184 cm³/mol. The van der Waals surface area contributed by atoms with Crippen molar-refractivity contribution in [2.24, 2.45) is 45.3 Å². The lowest BCUT2D eigenvalue weighted by Crippen LogP contribution is -2.58. The number of halogens is 2. The number of hydrogen-bond acceptors (Lipinski definition) is 6. The van der Waals surface area contributed by atoms with Crippen LogP contribution in [0.2, 0.25) is 0 Å². The van der Waals surface area contributed by atoms with Gasteiger partial charge < -0.3 is 23.8 Å². The average Bonchev–Trinajstić information content (AvgIpc) is 3.61. The van der Waals surface area contributed by atoms with Gasteiger partial charge in [-0.15, -0.1) is 0 Å². The van der Waals surface area contributed by atoms with E-state index in [9.17, 15) is 13.6 Å². The van der Waals surface area contributed by atoms with Crippen molar-refractivity contribution in [1.29, 1.82) is 0 Å². The fraction of sp³-hybridized carbons (Fsp3) is 0.829. The van der Waals surface area contributed by atoms with Crippen molar-refractivity contribution in [3.05, 3.63) is 35.4 Å². The summed E-state index contributed by atoms with van der Waals surface area (Å²) in [5.74, 6) is 1.41. The smallest absolute Gasteiger partial charge is 0.219 e. The highest BCUT2D eigenvalue weighted by molar-refractivity contribution is 5.73. The van der Waals surface area contributed by atoms with Gasteiger partial charge in [-0.25, -0.2) is 8.78 Å². The highest BCUT2D eigenvalue weighted by Gasteiger charge is 2.80. The molecule has 8 fully saturated rings. The van der Waals surface area contributed by atoms with E-state index >= 15 is 0 Å². The number of nitrogens with zero attached hydrogens (tertiary/aromatic N) is 2. The minimum absolute atomic E-state index is 0.0439. The molecular weight excluding hydrogens is 638 g/mol. The van der Waals surface area contributed by atoms with Crippen molar-refractivity contribution in [3.8, 4) is 0 Å². The Bertz CT molecular complexity index is 1470. The highest BCUT2D eigenvalue weighted by Crippen LogP contribution is 2.87. The van der Waals surface area contributed by atoms with E-state index in [0.717, 1.165) is 70.6 Å². The van der Waals surface area contributed by atoms with E-state index in [0.29, 0.717) is 52.1 Å². The molecule has 1 aromatic rings. The van der Waals surface area contributed by atoms with E-state index in [2.05, 4.69) is 25.7 Å². The van der Waals surface area contributed by atoms with Crippen LogP contribution >= 0.6 is 0 Å². The second-order valence-corrected chi connectivity index (χ2v) is 18.7. The van der Waals surface area contributed by atoms with E-state index < -0.39 is 11.6 Å². The summed E-state index contributed by atoms with van der Waals surface area (Å²) in [5.41, 5.74) is 1.84. The molecule has 5 saturated carbocycles. The molecule has 3 heterocycles. The molecule has 7 nitrogen and oxygen atoms in total. The van der Waals surface area contributed by atoms with Gasteiger partial charge in [0.1, 0.15) is 11.6 Å². The summed E-state index contributed by atoms with van der Waals surface area (Å²) >= 11 is 0. The summed E-state index contributed by atoms with van der Waals surface area (Å²) in [6.07, 6.45) is 12.6. The Kier molecular flexibility index (Phi) is 8.32. The maximum absolute atomic E-state index is 13.9. The molecule has 1 aromatic carbocycles. The molecule has 0 radical (unpaired) electrons. The van der Waals surface area contributed by atoms with Crippen LogP contribution in [0.5, 0.6) is 0 Å². The second-order valence-electron chi connectivity index (χ2n) is 18.7. The van der Waals surface area contributed by atoms with Gasteiger partial charge in [0.25, 0.3) is 0 Å². The molecule has 1 amide bonds. The third-order valence-corrected chi connectivity index (χ3v) is 16.3. The maximum atomic E-state index is 13.9. The number of morpholine rings is 1. The minimum atomic E-state index is -0.614. The Morgan fingerprint density at radius 1 is 0.960 bits per heavy atom. The van der Waals surface area contributed by atoms with E-state index in [1.54, 1.807) is 4.90 Å². The molecule has 3 saturated heterocycles. The van der Waals surface area contributed by atoms with Crippen molar-refractivity contribution in [1.82, 2.24) is 9.80 Å². The van der Waals surface area contributed by atoms with E-state index in [-0.39, 0.29) is 42.5 Å². The largest absolute Gasteiger partial charge is 0.378 e. The Hall–Kier alpha value is -1.65. The van der Waals surface area contributed by atoms with Gasteiger partial charge in [-0.1, -0.05) is 20.8 Å². The number of ether oxygens (including phenoxy) is 4. The number of fused-ring (bicyclic) bond motifs is 4. The van der Waals surface area contributed by atoms with Gasteiger partial charge in [0.15, 0.2) is 6.29 Å². The third kappa shape index (κ3) is 5.28. The zero-order valence-electron chi connectivity index (χ0n) is 30.6. The molecule has 2 spiro atoms. The lowest BCUT2D eigenvalue weighted by Gasteiger charge is -2.60. The first-order valence-corrected chi connectivity index (χ1v) is 19.9. The molecule has 9 heteroatoms. The fourth-order valence-electron chi connectivity index (χ4n) is 13.8. The third-order valence-electron chi connectivity index (χ3n) is 16.3. The first-order chi connectivity index (χ1) is 23.9. The standard InChI is InChI=1S/C41H58F2N2O5/c1-25(46)45(19-26-15-27(42)17-28(43)16-26)20-30-5-6-32-34(49-30)18-33-31-7-8-35-38(2,3)36(50-37-21-44(13-14-48-37)29-22-47-23-29)9-10-41(35)24-40(31,41)12-11-39(32,33)4/h15-17,29-37H,5-14,18-24H2,1-4H3/t30?,31?,32?,33?,34?,35?,36-,37?,39?,40-,41+/m0/s1. The minimum Gasteiger partial charge on any atom is -0.378 e. The molecule has 9 rings (SSSR count). The second kappa shape index (κ2) is 12.2. The molecule has 5 aliphatic carbocycles. The Labute approximate surface area is 297 Å². The van der Waals surface area contributed by atoms with Crippen molar-refractivity contribution < 1.29 is 32.5 Å². The summed E-state index contributed by atoms with van der Waals surface area (Å²) in [4.78, 5) is 16.9. The van der Waals surface area contributed by atoms with Gasteiger partial charge in [0.2, 0.25) is 5.91 Å². The molecule has 0 aromatic heterocycles. The normalized spacial score (nSPS) is 44.9. The summed E-state index contributed by atoms with van der Waals surface area (Å²) in [5, 5.41) is 0. The van der Waals surface area contributed by atoms with Crippen molar-refractivity contribution in [2.45, 2.75) is 129 Å². The number of rotatable bonds is 7. The molecule has 8 aliphatic rings. The molecule has 0 bridgehead atoms. The summed E-state index contributed by atoms with van der Waals surface area (Å²) in [7, 11) is 0. The molecule has 50 heavy (non-hydrogen) atoms. The van der Waals surface area contributed by atoms with Gasteiger partial charge in [-0.3, -0.25) is 9.69 Å². The zero-order chi connectivity index (χ0) is 34.6. The van der Waals surface area contributed by atoms with E-state index in [4.69, 9.17) is 18.9 Å². The number of benzene rings is 1. The Morgan fingerprint density at radius 2 is 1.74 bits per heavy atom. The van der Waals surface area contributed by atoms with Crippen LogP contribution in [-0.4, -0.2) is 85.8 Å². The van der Waals surface area contributed by atoms with E-state index in [1.165, 1.54) is 57.6 Å². The fourth-order valence-corrected chi connectivity index (χ4v) is 13.8. The quantitative estimate of drug-likeness (QED) is 0.307. The number of carbonyl (C=O) groups is 1. The number of amides is 1. The van der Waals surface area contributed by atoms with Crippen LogP contribution in [0.1, 0.15) is 97.5 Å². The van der Waals surface area contributed by atoms with Gasteiger partial charge in [-0.2, -0.15) is 0 Å². The van der Waals surface area contributed by atoms with Gasteiger partial charge >= 0.3 is 0 Å². The number of hydrogen-bond donors (Lipinski definition) is 0. The Balaban J connectivity index is 0.863. The molecule has 8 unspecified atom stereocenters. The SMILES string of the molecule is CC(=O)N(Cc1cc(F)cc(F)c1)CC1CCC2C(CC3C4CCC5C(C)(C)[C@@H](OC6CN(C7COC7)CCO6)CC[C@@]56C[C@@]46CCC23C)O1. The first kappa shape index (κ1) is 34.1. The molecular formula is C41H58F2N2O5. The molecule has 276 valence electrons. The Morgan fingerprint density at radius 3 is 2.48 bits per heavy atom. The van der Waals surface area contributed by atoms with Crippen molar-refractivity contribution >= 4 is 5.91 Å². The summed E-state index contributed by atoms with van der Waals surface area (Å²) in [6.45, 7) is 14.1. The summed E-state index contributed by atoms with van der Waals surface area (Å²) in [6, 6.07) is 4.04. The summed E-state index contributed by atoms with van der Waals surface area (Å²) < 4.78 is 53.3. The molecule has 0 N–H and O–H groups in total. The highest BCUT2D eigenvalue weighted by atomic mass is 19.1. The monoisotopic (exact) mass is 696 g/mol. The van der Waals surface area contributed by atoms with Gasteiger partial charge in [0, 0.05) is 32.6 Å². The van der Waals surface area contributed by atoms with Gasteiger partial charge in [0.05, 0.1) is 50.7 Å². The van der Waals surface area contributed by atoms with Crippen molar-refractivity contribution in [3.63, 3.8) is 0 Å². The topological polar surface area (TPSA) is 60.5 Å².